The number of carboxylic acid groups (broad SMARTS) is 1. The van der Waals surface area contributed by atoms with E-state index in [1.54, 1.807) is 12.1 Å². The zero-order valence-corrected chi connectivity index (χ0v) is 13.4. The van der Waals surface area contributed by atoms with Crippen molar-refractivity contribution in [2.45, 2.75) is 20.3 Å². The van der Waals surface area contributed by atoms with E-state index < -0.39 is 11.9 Å². The molecule has 1 unspecified atom stereocenters. The summed E-state index contributed by atoms with van der Waals surface area (Å²) >= 11 is 0. The average molecular weight is 311 g/mol. The highest BCUT2D eigenvalue weighted by Gasteiger charge is 2.19. The zero-order chi connectivity index (χ0) is 16.8. The topological polar surface area (TPSA) is 66.4 Å². The van der Waals surface area contributed by atoms with E-state index in [1.165, 1.54) is 0 Å². The summed E-state index contributed by atoms with van der Waals surface area (Å²) in [7, 11) is 0. The van der Waals surface area contributed by atoms with Crippen LogP contribution in [0.15, 0.2) is 48.5 Å². The molecule has 0 aliphatic carbocycles. The fourth-order valence-corrected chi connectivity index (χ4v) is 2.57. The van der Waals surface area contributed by atoms with Gasteiger partial charge in [0.1, 0.15) is 0 Å². The van der Waals surface area contributed by atoms with Gasteiger partial charge >= 0.3 is 5.97 Å². The maximum atomic E-state index is 12.2. The number of rotatable bonds is 6. The molecule has 0 aliphatic heterocycles. The number of aliphatic carboxylic acids is 1. The fraction of sp³-hybridized carbons (Fsp3) is 0.263. The Morgan fingerprint density at radius 3 is 2.22 bits per heavy atom. The van der Waals surface area contributed by atoms with E-state index in [9.17, 15) is 14.7 Å². The monoisotopic (exact) mass is 311 g/mol. The summed E-state index contributed by atoms with van der Waals surface area (Å²) in [5.74, 6) is -1.79. The van der Waals surface area contributed by atoms with Crippen LogP contribution in [-0.2, 0) is 11.2 Å². The fourth-order valence-electron chi connectivity index (χ4n) is 2.57. The molecular formula is C19H21NO3. The van der Waals surface area contributed by atoms with E-state index in [1.807, 2.05) is 50.2 Å². The smallest absolute Gasteiger partial charge is 0.308 e. The molecule has 4 nitrogen and oxygen atoms in total. The quantitative estimate of drug-likeness (QED) is 0.862. The Hall–Kier alpha value is -2.62. The lowest BCUT2D eigenvalue weighted by Crippen LogP contribution is -2.34. The van der Waals surface area contributed by atoms with Crippen LogP contribution in [0.3, 0.4) is 0 Å². The van der Waals surface area contributed by atoms with Crippen molar-refractivity contribution in [2.75, 3.05) is 6.54 Å². The third kappa shape index (κ3) is 4.95. The summed E-state index contributed by atoms with van der Waals surface area (Å²) in [6.45, 7) is 3.97. The number of hydrogen-bond acceptors (Lipinski definition) is 2. The van der Waals surface area contributed by atoms with Crippen LogP contribution in [-0.4, -0.2) is 23.5 Å². The van der Waals surface area contributed by atoms with E-state index in [2.05, 4.69) is 5.32 Å². The number of nitrogens with one attached hydrogen (secondary N) is 1. The van der Waals surface area contributed by atoms with Gasteiger partial charge < -0.3 is 10.4 Å². The predicted molar refractivity (Wildman–Crippen MR) is 89.5 cm³/mol. The number of amides is 1. The molecule has 0 bridgehead atoms. The molecule has 0 heterocycles. The molecule has 120 valence electrons. The summed E-state index contributed by atoms with van der Waals surface area (Å²) in [6.07, 6.45) is 0.392. The van der Waals surface area contributed by atoms with Gasteiger partial charge in [0.05, 0.1) is 5.92 Å². The largest absolute Gasteiger partial charge is 0.481 e. The highest BCUT2D eigenvalue weighted by molar-refractivity contribution is 5.94. The second kappa shape index (κ2) is 7.58. The molecular weight excluding hydrogens is 290 g/mol. The highest BCUT2D eigenvalue weighted by atomic mass is 16.4. The SMILES string of the molecule is Cc1cc(C)cc(C(=O)NCC(Cc2ccccc2)C(=O)O)c1. The van der Waals surface area contributed by atoms with Gasteiger partial charge in [0.25, 0.3) is 5.91 Å². The van der Waals surface area contributed by atoms with Gasteiger partial charge in [-0.25, -0.2) is 0 Å². The Morgan fingerprint density at radius 1 is 1.04 bits per heavy atom. The lowest BCUT2D eigenvalue weighted by Gasteiger charge is -2.14. The first-order valence-corrected chi connectivity index (χ1v) is 7.59. The molecule has 1 amide bonds. The van der Waals surface area contributed by atoms with Crippen LogP contribution >= 0.6 is 0 Å². The van der Waals surface area contributed by atoms with Crippen molar-refractivity contribution in [2.24, 2.45) is 5.92 Å². The van der Waals surface area contributed by atoms with Gasteiger partial charge in [0.15, 0.2) is 0 Å². The van der Waals surface area contributed by atoms with Crippen LogP contribution < -0.4 is 5.32 Å². The molecule has 0 saturated carbocycles. The van der Waals surface area contributed by atoms with E-state index >= 15 is 0 Å². The van der Waals surface area contributed by atoms with Gasteiger partial charge in [-0.15, -0.1) is 0 Å². The first-order chi connectivity index (χ1) is 11.0. The van der Waals surface area contributed by atoms with Crippen LogP contribution in [0.25, 0.3) is 0 Å². The van der Waals surface area contributed by atoms with Crippen LogP contribution in [0.1, 0.15) is 27.0 Å². The lowest BCUT2D eigenvalue weighted by molar-refractivity contribution is -0.141. The standard InChI is InChI=1S/C19H21NO3/c1-13-8-14(2)10-16(9-13)18(21)20-12-17(19(22)23)11-15-6-4-3-5-7-15/h3-10,17H,11-12H2,1-2H3,(H,20,21)(H,22,23). The molecule has 2 N–H and O–H groups in total. The number of benzene rings is 2. The molecule has 1 atom stereocenters. The van der Waals surface area contributed by atoms with Crippen molar-refractivity contribution < 1.29 is 14.7 Å². The minimum absolute atomic E-state index is 0.107. The van der Waals surface area contributed by atoms with Crippen molar-refractivity contribution in [1.29, 1.82) is 0 Å². The van der Waals surface area contributed by atoms with Crippen molar-refractivity contribution >= 4 is 11.9 Å². The number of hydrogen-bond donors (Lipinski definition) is 2. The average Bonchev–Trinajstić information content (AvgIpc) is 2.50. The van der Waals surface area contributed by atoms with Gasteiger partial charge in [-0.2, -0.15) is 0 Å². The first-order valence-electron chi connectivity index (χ1n) is 7.59. The predicted octanol–water partition coefficient (Wildman–Crippen LogP) is 2.98. The minimum Gasteiger partial charge on any atom is -0.481 e. The van der Waals surface area contributed by atoms with E-state index in [0.717, 1.165) is 16.7 Å². The maximum absolute atomic E-state index is 12.2. The van der Waals surface area contributed by atoms with Crippen molar-refractivity contribution in [1.82, 2.24) is 5.32 Å². The summed E-state index contributed by atoms with van der Waals surface area (Å²) in [4.78, 5) is 23.6. The molecule has 0 fully saturated rings. The Kier molecular flexibility index (Phi) is 5.52. The van der Waals surface area contributed by atoms with Crippen LogP contribution in [0, 0.1) is 19.8 Å². The van der Waals surface area contributed by atoms with Gasteiger partial charge in [-0.05, 0) is 38.0 Å². The molecule has 0 saturated heterocycles. The van der Waals surface area contributed by atoms with Crippen LogP contribution in [0.2, 0.25) is 0 Å². The summed E-state index contributed by atoms with van der Waals surface area (Å²) in [6, 6.07) is 15.0. The molecule has 0 spiro atoms. The number of carbonyl (C=O) groups excluding carboxylic acids is 1. The van der Waals surface area contributed by atoms with Gasteiger partial charge in [-0.1, -0.05) is 47.5 Å². The maximum Gasteiger partial charge on any atom is 0.308 e. The molecule has 2 aromatic rings. The minimum atomic E-state index is -0.908. The second-order valence-electron chi connectivity index (χ2n) is 5.81. The molecule has 0 aliphatic rings. The van der Waals surface area contributed by atoms with Crippen molar-refractivity contribution in [3.05, 3.63) is 70.8 Å². The normalized spacial score (nSPS) is 11.7. The number of carbonyl (C=O) groups is 2. The molecule has 2 rings (SSSR count). The van der Waals surface area contributed by atoms with Crippen molar-refractivity contribution in [3.63, 3.8) is 0 Å². The van der Waals surface area contributed by atoms with E-state index in [-0.39, 0.29) is 12.5 Å². The molecule has 0 aromatic heterocycles. The van der Waals surface area contributed by atoms with Gasteiger partial charge in [0.2, 0.25) is 0 Å². The third-order valence-electron chi connectivity index (χ3n) is 3.67. The molecule has 4 heteroatoms. The number of aryl methyl sites for hydroxylation is 2. The van der Waals surface area contributed by atoms with Gasteiger partial charge in [-0.3, -0.25) is 9.59 Å². The van der Waals surface area contributed by atoms with E-state index in [4.69, 9.17) is 0 Å². The third-order valence-corrected chi connectivity index (χ3v) is 3.67. The van der Waals surface area contributed by atoms with Gasteiger partial charge in [0, 0.05) is 12.1 Å². The molecule has 2 aromatic carbocycles. The molecule has 23 heavy (non-hydrogen) atoms. The molecule has 0 radical (unpaired) electrons. The zero-order valence-electron chi connectivity index (χ0n) is 13.4. The van der Waals surface area contributed by atoms with E-state index in [0.29, 0.717) is 12.0 Å². The van der Waals surface area contributed by atoms with Crippen LogP contribution in [0.5, 0.6) is 0 Å². The summed E-state index contributed by atoms with van der Waals surface area (Å²) < 4.78 is 0. The Balaban J connectivity index is 2.01. The number of carboxylic acids is 1. The summed E-state index contributed by atoms with van der Waals surface area (Å²) in [5, 5.41) is 12.1. The Labute approximate surface area is 136 Å². The lowest BCUT2D eigenvalue weighted by atomic mass is 9.99. The highest BCUT2D eigenvalue weighted by Crippen LogP contribution is 2.11. The second-order valence-corrected chi connectivity index (χ2v) is 5.81. The Bertz CT molecular complexity index is 675. The van der Waals surface area contributed by atoms with Crippen molar-refractivity contribution in [3.8, 4) is 0 Å². The Morgan fingerprint density at radius 2 is 1.65 bits per heavy atom. The summed E-state index contributed by atoms with van der Waals surface area (Å²) in [5.41, 5.74) is 3.52. The first kappa shape index (κ1) is 16.7. The van der Waals surface area contributed by atoms with Crippen LogP contribution in [0.4, 0.5) is 0 Å².